The summed E-state index contributed by atoms with van der Waals surface area (Å²) < 4.78 is -1.18. The van der Waals surface area contributed by atoms with E-state index < -0.39 is 33.4 Å². The molecule has 2 unspecified atom stereocenters. The van der Waals surface area contributed by atoms with Crippen molar-refractivity contribution >= 4 is 35.2 Å². The van der Waals surface area contributed by atoms with E-state index in [4.69, 9.17) is 0 Å². The Balaban J connectivity index is 1.53. The minimum absolute atomic E-state index is 0.0113. The van der Waals surface area contributed by atoms with Crippen molar-refractivity contribution in [2.45, 2.75) is 82.0 Å². The number of nitrogens with one attached hydrogen (secondary N) is 2. The number of rotatable bonds is 9. The number of anilines is 1. The average Bonchev–Trinajstić information content (AvgIpc) is 3.51. The molecule has 0 saturated carbocycles. The normalized spacial score (nSPS) is 30.2. The van der Waals surface area contributed by atoms with Gasteiger partial charge in [0.25, 0.3) is 0 Å². The van der Waals surface area contributed by atoms with E-state index in [1.54, 1.807) is 16.7 Å². The largest absolute Gasteiger partial charge is 0.394 e. The molecule has 3 fully saturated rings. The lowest BCUT2D eigenvalue weighted by molar-refractivity contribution is -0.143. The molecular formula is C32H41N3O4S. The predicted octanol–water partition coefficient (Wildman–Crippen LogP) is 4.45. The number of aryl methyl sites for hydroxylation is 2. The van der Waals surface area contributed by atoms with Gasteiger partial charge in [0, 0.05) is 17.0 Å². The number of para-hydroxylation sites is 1. The highest BCUT2D eigenvalue weighted by molar-refractivity contribution is 8.02. The van der Waals surface area contributed by atoms with Crippen LogP contribution in [-0.2, 0) is 20.9 Å². The first-order valence-electron chi connectivity index (χ1n) is 14.4. The van der Waals surface area contributed by atoms with E-state index in [0.717, 1.165) is 35.2 Å². The molecule has 1 spiro atoms. The predicted molar refractivity (Wildman–Crippen MR) is 159 cm³/mol. The van der Waals surface area contributed by atoms with Gasteiger partial charge >= 0.3 is 0 Å². The van der Waals surface area contributed by atoms with Gasteiger partial charge in [0.1, 0.15) is 6.04 Å². The number of hydrogen-bond donors (Lipinski definition) is 3. The number of aliphatic hydroxyl groups is 1. The van der Waals surface area contributed by atoms with Gasteiger partial charge in [-0.05, 0) is 56.2 Å². The Morgan fingerprint density at radius 3 is 2.38 bits per heavy atom. The summed E-state index contributed by atoms with van der Waals surface area (Å²) in [6.07, 6.45) is 2.18. The number of nitrogens with zero attached hydrogens (tertiary/aromatic N) is 1. The molecule has 2 bridgehead atoms. The molecule has 3 aliphatic heterocycles. The number of carbonyl (C=O) groups is 3. The fourth-order valence-electron chi connectivity index (χ4n) is 7.33. The standard InChI is InChI=1S/C32H41N3O4S/c1-6-19(2)23(18-36)35-27(29(38)34-26-20(3)11-10-12-21(26)4)32-16-15-31(5,40-32)24(25(32)30(35)39)28(37)33-17-22-13-8-7-9-14-22/h7-14,19,23-25,27,36H,6,15-18H2,1-5H3,(H,33,37)(H,34,38)/t19-,23-,24-,25-,27?,31+,32?/m0/s1. The van der Waals surface area contributed by atoms with Crippen molar-refractivity contribution in [2.24, 2.45) is 17.8 Å². The summed E-state index contributed by atoms with van der Waals surface area (Å²) in [6.45, 7) is 10.2. The fraction of sp³-hybridized carbons (Fsp3) is 0.531. The molecule has 2 aromatic carbocycles. The molecule has 8 heteroatoms. The van der Waals surface area contributed by atoms with Gasteiger partial charge in [0.15, 0.2) is 0 Å². The van der Waals surface area contributed by atoms with Crippen LogP contribution < -0.4 is 10.6 Å². The number of hydrogen-bond acceptors (Lipinski definition) is 5. The summed E-state index contributed by atoms with van der Waals surface area (Å²) >= 11 is 1.65. The Morgan fingerprint density at radius 1 is 1.07 bits per heavy atom. The molecule has 5 rings (SSSR count). The first kappa shape index (κ1) is 28.7. The van der Waals surface area contributed by atoms with Gasteiger partial charge in [0.05, 0.1) is 29.2 Å². The zero-order chi connectivity index (χ0) is 28.8. The molecule has 3 N–H and O–H groups in total. The molecular weight excluding hydrogens is 522 g/mol. The summed E-state index contributed by atoms with van der Waals surface area (Å²) in [5, 5.41) is 16.8. The van der Waals surface area contributed by atoms with E-state index >= 15 is 0 Å². The topological polar surface area (TPSA) is 98.7 Å². The van der Waals surface area contributed by atoms with Crippen molar-refractivity contribution in [1.82, 2.24) is 10.2 Å². The van der Waals surface area contributed by atoms with Gasteiger partial charge < -0.3 is 20.6 Å². The number of fused-ring (bicyclic) bond motifs is 1. The molecule has 0 aliphatic carbocycles. The molecule has 40 heavy (non-hydrogen) atoms. The highest BCUT2D eigenvalue weighted by Gasteiger charge is 2.77. The number of benzene rings is 2. The third kappa shape index (κ3) is 4.53. The van der Waals surface area contributed by atoms with Gasteiger partial charge in [-0.25, -0.2) is 0 Å². The van der Waals surface area contributed by atoms with Crippen LogP contribution in [0.3, 0.4) is 0 Å². The number of thioether (sulfide) groups is 1. The second-order valence-electron chi connectivity index (χ2n) is 12.1. The van der Waals surface area contributed by atoms with E-state index in [2.05, 4.69) is 17.6 Å². The highest BCUT2D eigenvalue weighted by Crippen LogP contribution is 2.71. The first-order valence-corrected chi connectivity index (χ1v) is 15.2. The Hall–Kier alpha value is -2.84. The van der Waals surface area contributed by atoms with Crippen molar-refractivity contribution in [1.29, 1.82) is 0 Å². The van der Waals surface area contributed by atoms with Crippen LogP contribution in [-0.4, -0.2) is 55.9 Å². The van der Waals surface area contributed by atoms with Crippen LogP contribution in [0.5, 0.6) is 0 Å². The van der Waals surface area contributed by atoms with Gasteiger partial charge in [-0.3, -0.25) is 14.4 Å². The summed E-state index contributed by atoms with van der Waals surface area (Å²) in [4.78, 5) is 44.3. The quantitative estimate of drug-likeness (QED) is 0.419. The van der Waals surface area contributed by atoms with E-state index in [1.807, 2.05) is 76.2 Å². The lowest BCUT2D eigenvalue weighted by Gasteiger charge is -2.39. The van der Waals surface area contributed by atoms with E-state index in [1.165, 1.54) is 0 Å². The molecule has 2 aromatic rings. The van der Waals surface area contributed by atoms with Crippen molar-refractivity contribution in [2.75, 3.05) is 11.9 Å². The molecule has 7 nitrogen and oxygen atoms in total. The second kappa shape index (κ2) is 10.9. The summed E-state index contributed by atoms with van der Waals surface area (Å²) in [6, 6.07) is 14.3. The van der Waals surface area contributed by atoms with E-state index in [-0.39, 0.29) is 30.2 Å². The minimum atomic E-state index is -0.783. The minimum Gasteiger partial charge on any atom is -0.394 e. The van der Waals surface area contributed by atoms with E-state index in [0.29, 0.717) is 13.0 Å². The van der Waals surface area contributed by atoms with Gasteiger partial charge in [-0.15, -0.1) is 11.8 Å². The van der Waals surface area contributed by atoms with E-state index in [9.17, 15) is 19.5 Å². The van der Waals surface area contributed by atoms with Crippen LogP contribution >= 0.6 is 11.8 Å². The number of amides is 3. The van der Waals surface area contributed by atoms with Crippen LogP contribution in [0.15, 0.2) is 48.5 Å². The third-order valence-electron chi connectivity index (χ3n) is 9.63. The third-order valence-corrected chi connectivity index (χ3v) is 11.6. The lowest BCUT2D eigenvalue weighted by Crippen LogP contribution is -2.56. The SMILES string of the molecule is CC[C@H](C)[C@H](CO)N1C(=O)[C@@H]2[C@@H](C(=O)NCc3ccccc3)[C@@]3(C)CCC2(S3)C1C(=O)Nc1c(C)cccc1C. The molecule has 7 atom stereocenters. The second-order valence-corrected chi connectivity index (χ2v) is 14.0. The number of likely N-dealkylation sites (tertiary alicyclic amines) is 1. The molecule has 0 radical (unpaired) electrons. The highest BCUT2D eigenvalue weighted by atomic mass is 32.2. The van der Waals surface area contributed by atoms with Crippen molar-refractivity contribution < 1.29 is 19.5 Å². The maximum Gasteiger partial charge on any atom is 0.248 e. The smallest absolute Gasteiger partial charge is 0.248 e. The van der Waals surface area contributed by atoms with Crippen molar-refractivity contribution in [3.63, 3.8) is 0 Å². The Bertz CT molecular complexity index is 1280. The zero-order valence-electron chi connectivity index (χ0n) is 24.1. The van der Waals surface area contributed by atoms with Crippen LogP contribution in [0.4, 0.5) is 5.69 Å². The van der Waals surface area contributed by atoms with Crippen LogP contribution in [0.2, 0.25) is 0 Å². The van der Waals surface area contributed by atoms with Crippen LogP contribution in [0.25, 0.3) is 0 Å². The van der Waals surface area contributed by atoms with Gasteiger partial charge in [-0.2, -0.15) is 0 Å². The Morgan fingerprint density at radius 2 is 1.75 bits per heavy atom. The van der Waals surface area contributed by atoms with Gasteiger partial charge in [-0.1, -0.05) is 68.8 Å². The number of aliphatic hydroxyl groups excluding tert-OH is 1. The summed E-state index contributed by atoms with van der Waals surface area (Å²) in [7, 11) is 0. The molecule has 3 amide bonds. The summed E-state index contributed by atoms with van der Waals surface area (Å²) in [5.41, 5.74) is 3.65. The number of carbonyl (C=O) groups excluding carboxylic acids is 3. The molecule has 3 saturated heterocycles. The fourth-order valence-corrected chi connectivity index (χ4v) is 9.68. The molecule has 3 aliphatic rings. The monoisotopic (exact) mass is 563 g/mol. The maximum atomic E-state index is 14.5. The van der Waals surface area contributed by atoms with Crippen molar-refractivity contribution in [3.8, 4) is 0 Å². The molecule has 0 aromatic heterocycles. The van der Waals surface area contributed by atoms with Crippen LogP contribution in [0.1, 0.15) is 56.7 Å². The van der Waals surface area contributed by atoms with Crippen LogP contribution in [0, 0.1) is 31.6 Å². The molecule has 214 valence electrons. The first-order chi connectivity index (χ1) is 19.1. The lowest BCUT2D eigenvalue weighted by atomic mass is 9.66. The molecule has 3 heterocycles. The zero-order valence-corrected chi connectivity index (χ0v) is 24.9. The van der Waals surface area contributed by atoms with Gasteiger partial charge in [0.2, 0.25) is 17.7 Å². The average molecular weight is 564 g/mol. The Labute approximate surface area is 241 Å². The Kier molecular flexibility index (Phi) is 7.79. The van der Waals surface area contributed by atoms with Crippen molar-refractivity contribution in [3.05, 3.63) is 65.2 Å². The maximum absolute atomic E-state index is 14.5. The summed E-state index contributed by atoms with van der Waals surface area (Å²) in [5.74, 6) is -1.76.